The number of amides is 1. The van der Waals surface area contributed by atoms with Crippen molar-refractivity contribution in [3.63, 3.8) is 0 Å². The smallest absolute Gasteiger partial charge is 0.264 e. The number of hydrogen-bond donors (Lipinski definition) is 1. The molecule has 1 amide bonds. The van der Waals surface area contributed by atoms with Gasteiger partial charge in [-0.15, -0.1) is 0 Å². The fourth-order valence-electron chi connectivity index (χ4n) is 3.14. The van der Waals surface area contributed by atoms with Gasteiger partial charge in [-0.2, -0.15) is 5.10 Å². The first kappa shape index (κ1) is 17.1. The first-order chi connectivity index (χ1) is 13.3. The van der Waals surface area contributed by atoms with Crippen molar-refractivity contribution in [1.82, 2.24) is 15.4 Å². The van der Waals surface area contributed by atoms with E-state index in [9.17, 15) is 4.79 Å². The number of hydrazone groups is 1. The lowest BCUT2D eigenvalue weighted by Crippen LogP contribution is -2.22. The van der Waals surface area contributed by atoms with Gasteiger partial charge in [0.25, 0.3) is 0 Å². The van der Waals surface area contributed by atoms with E-state index in [1.54, 1.807) is 0 Å². The van der Waals surface area contributed by atoms with Crippen molar-refractivity contribution in [3.8, 4) is 22.5 Å². The van der Waals surface area contributed by atoms with Gasteiger partial charge < -0.3 is 0 Å². The Morgan fingerprint density at radius 3 is 1.85 bits per heavy atom. The molecule has 0 bridgehead atoms. The van der Waals surface area contributed by atoms with Crippen LogP contribution in [0.5, 0.6) is 0 Å². The van der Waals surface area contributed by atoms with E-state index in [-0.39, 0.29) is 11.7 Å². The average molecular weight is 356 g/mol. The third-order valence-electron chi connectivity index (χ3n) is 4.56. The highest BCUT2D eigenvalue weighted by atomic mass is 16.2. The van der Waals surface area contributed by atoms with Crippen molar-refractivity contribution in [1.29, 1.82) is 0 Å². The first-order valence-electron chi connectivity index (χ1n) is 9.15. The van der Waals surface area contributed by atoms with Crippen molar-refractivity contribution >= 4 is 11.6 Å². The van der Waals surface area contributed by atoms with Crippen molar-refractivity contribution in [2.45, 2.75) is 25.7 Å². The number of rotatable bonds is 4. The van der Waals surface area contributed by atoms with Gasteiger partial charge in [0.1, 0.15) is 0 Å². The molecule has 134 valence electrons. The number of carbonyl (C=O) groups excluding carboxylic acids is 1. The van der Waals surface area contributed by atoms with Gasteiger partial charge in [0.2, 0.25) is 5.82 Å². The Morgan fingerprint density at radius 2 is 1.33 bits per heavy atom. The van der Waals surface area contributed by atoms with E-state index in [4.69, 9.17) is 0 Å². The third-order valence-corrected chi connectivity index (χ3v) is 4.56. The second-order valence-corrected chi connectivity index (χ2v) is 6.52. The summed E-state index contributed by atoms with van der Waals surface area (Å²) in [5.41, 5.74) is 6.95. The van der Waals surface area contributed by atoms with Crippen LogP contribution in [0.4, 0.5) is 0 Å². The lowest BCUT2D eigenvalue weighted by atomic mass is 10.1. The Balaban J connectivity index is 1.71. The molecule has 5 heteroatoms. The van der Waals surface area contributed by atoms with E-state index in [1.807, 2.05) is 66.7 Å². The molecule has 1 aliphatic rings. The zero-order chi connectivity index (χ0) is 18.5. The predicted molar refractivity (Wildman–Crippen MR) is 106 cm³/mol. The minimum absolute atomic E-state index is 0.123. The molecule has 2 aromatic carbocycles. The lowest BCUT2D eigenvalue weighted by molar-refractivity contribution is 0.0944. The highest BCUT2D eigenvalue weighted by molar-refractivity contribution is 5.93. The van der Waals surface area contributed by atoms with Gasteiger partial charge in [-0.25, -0.2) is 15.4 Å². The minimum Gasteiger partial charge on any atom is -0.264 e. The summed E-state index contributed by atoms with van der Waals surface area (Å²) in [6, 6.07) is 21.5. The van der Waals surface area contributed by atoms with Gasteiger partial charge in [0.15, 0.2) is 0 Å². The normalized spacial score (nSPS) is 13.4. The van der Waals surface area contributed by atoms with Crippen LogP contribution in [0.3, 0.4) is 0 Å². The molecule has 4 rings (SSSR count). The molecule has 5 nitrogen and oxygen atoms in total. The van der Waals surface area contributed by atoms with Crippen molar-refractivity contribution in [2.75, 3.05) is 0 Å². The monoisotopic (exact) mass is 356 g/mol. The van der Waals surface area contributed by atoms with Crippen LogP contribution in [0, 0.1) is 0 Å². The molecular formula is C22H20N4O. The number of aromatic nitrogens is 2. The maximum atomic E-state index is 12.6. The van der Waals surface area contributed by atoms with E-state index < -0.39 is 0 Å². The zero-order valence-electron chi connectivity index (χ0n) is 14.9. The summed E-state index contributed by atoms with van der Waals surface area (Å²) in [6.07, 6.45) is 4.15. The quantitative estimate of drug-likeness (QED) is 0.701. The molecule has 1 saturated carbocycles. The minimum atomic E-state index is -0.385. The van der Waals surface area contributed by atoms with Crippen LogP contribution < -0.4 is 5.43 Å². The van der Waals surface area contributed by atoms with Gasteiger partial charge in [-0.1, -0.05) is 60.7 Å². The van der Waals surface area contributed by atoms with Crippen molar-refractivity contribution < 1.29 is 4.79 Å². The number of benzene rings is 2. The van der Waals surface area contributed by atoms with E-state index >= 15 is 0 Å². The Labute approximate surface area is 158 Å². The Hall–Kier alpha value is -3.34. The summed E-state index contributed by atoms with van der Waals surface area (Å²) in [5.74, 6) is -0.262. The molecule has 0 atom stereocenters. The van der Waals surface area contributed by atoms with Crippen LogP contribution in [0.1, 0.15) is 36.3 Å². The van der Waals surface area contributed by atoms with Crippen LogP contribution in [0.15, 0.2) is 71.8 Å². The zero-order valence-corrected chi connectivity index (χ0v) is 14.9. The summed E-state index contributed by atoms with van der Waals surface area (Å²) >= 11 is 0. The molecule has 3 aromatic rings. The predicted octanol–water partition coefficient (Wildman–Crippen LogP) is 4.47. The largest absolute Gasteiger partial charge is 0.309 e. The second-order valence-electron chi connectivity index (χ2n) is 6.52. The highest BCUT2D eigenvalue weighted by Crippen LogP contribution is 2.23. The van der Waals surface area contributed by atoms with E-state index in [2.05, 4.69) is 20.5 Å². The molecule has 1 aliphatic carbocycles. The molecule has 27 heavy (non-hydrogen) atoms. The molecule has 0 spiro atoms. The molecule has 0 aliphatic heterocycles. The van der Waals surface area contributed by atoms with E-state index in [0.717, 1.165) is 42.5 Å². The summed E-state index contributed by atoms with van der Waals surface area (Å²) in [7, 11) is 0. The maximum absolute atomic E-state index is 12.6. The molecule has 1 N–H and O–H groups in total. The van der Waals surface area contributed by atoms with Gasteiger partial charge in [0.05, 0.1) is 11.4 Å². The molecular weight excluding hydrogens is 336 g/mol. The molecule has 0 radical (unpaired) electrons. The Kier molecular flexibility index (Phi) is 5.01. The first-order valence-corrected chi connectivity index (χ1v) is 9.15. The Bertz CT molecular complexity index is 902. The maximum Gasteiger partial charge on any atom is 0.309 e. The second kappa shape index (κ2) is 7.91. The topological polar surface area (TPSA) is 67.2 Å². The van der Waals surface area contributed by atoms with Crippen molar-refractivity contribution in [2.24, 2.45) is 5.10 Å². The molecule has 0 saturated heterocycles. The molecule has 1 fully saturated rings. The van der Waals surface area contributed by atoms with Crippen LogP contribution in [0.2, 0.25) is 0 Å². The molecule has 0 unspecified atom stereocenters. The van der Waals surface area contributed by atoms with Crippen LogP contribution in [-0.4, -0.2) is 21.6 Å². The molecule has 1 heterocycles. The number of nitrogens with zero attached hydrogens (tertiary/aromatic N) is 3. The summed E-state index contributed by atoms with van der Waals surface area (Å²) in [4.78, 5) is 21.6. The van der Waals surface area contributed by atoms with Crippen LogP contribution in [0.25, 0.3) is 22.5 Å². The van der Waals surface area contributed by atoms with E-state index in [1.165, 1.54) is 0 Å². The number of hydrogen-bond acceptors (Lipinski definition) is 4. The van der Waals surface area contributed by atoms with Crippen LogP contribution in [-0.2, 0) is 0 Å². The highest BCUT2D eigenvalue weighted by Gasteiger charge is 2.15. The van der Waals surface area contributed by atoms with Crippen LogP contribution >= 0.6 is 0 Å². The lowest BCUT2D eigenvalue weighted by Gasteiger charge is -2.08. The van der Waals surface area contributed by atoms with Gasteiger partial charge in [0, 0.05) is 16.8 Å². The van der Waals surface area contributed by atoms with E-state index in [0.29, 0.717) is 11.4 Å². The third kappa shape index (κ3) is 4.08. The average Bonchev–Trinajstić information content (AvgIpc) is 3.27. The Morgan fingerprint density at radius 1 is 0.815 bits per heavy atom. The SMILES string of the molecule is O=C(NN=C1CCCC1)c1nc(-c2ccccc2)cc(-c2ccccc2)n1. The summed E-state index contributed by atoms with van der Waals surface area (Å²) < 4.78 is 0. The fourth-order valence-corrected chi connectivity index (χ4v) is 3.14. The standard InChI is InChI=1S/C22H20N4O/c27-22(26-25-18-13-7-8-14-18)21-23-19(16-9-3-1-4-10-16)15-20(24-21)17-11-5-2-6-12-17/h1-6,9-12,15H,7-8,13-14H2,(H,26,27). The summed E-state index contributed by atoms with van der Waals surface area (Å²) in [6.45, 7) is 0. The summed E-state index contributed by atoms with van der Waals surface area (Å²) in [5, 5.41) is 4.24. The van der Waals surface area contributed by atoms with Crippen molar-refractivity contribution in [3.05, 3.63) is 72.6 Å². The molecule has 1 aromatic heterocycles. The van der Waals surface area contributed by atoms with Gasteiger partial charge >= 0.3 is 5.91 Å². The number of carbonyl (C=O) groups is 1. The fraction of sp³-hybridized carbons (Fsp3) is 0.182. The van der Waals surface area contributed by atoms with Gasteiger partial charge in [-0.3, -0.25) is 4.79 Å². The number of nitrogens with one attached hydrogen (secondary N) is 1. The van der Waals surface area contributed by atoms with Gasteiger partial charge in [-0.05, 0) is 31.7 Å².